The highest BCUT2D eigenvalue weighted by Gasteiger charge is 2.20. The lowest BCUT2D eigenvalue weighted by atomic mass is 10.0. The van der Waals surface area contributed by atoms with Gasteiger partial charge < -0.3 is 14.8 Å². The topological polar surface area (TPSA) is 71.4 Å². The van der Waals surface area contributed by atoms with Crippen LogP contribution in [-0.4, -0.2) is 18.6 Å². The van der Waals surface area contributed by atoms with E-state index in [4.69, 9.17) is 32.7 Å². The number of ether oxygens (including phenoxy) is 2. The average Bonchev–Trinajstić information content (AvgIpc) is 3.31. The molecule has 0 spiro atoms. The fraction of sp³-hybridized carbons (Fsp3) is 0.333. The first-order chi connectivity index (χ1) is 16.4. The van der Waals surface area contributed by atoms with Gasteiger partial charge in [0, 0.05) is 27.2 Å². The van der Waals surface area contributed by atoms with E-state index in [0.717, 1.165) is 36.8 Å². The molecule has 2 aromatic rings. The van der Waals surface area contributed by atoms with Crippen LogP contribution >= 0.6 is 23.2 Å². The van der Waals surface area contributed by atoms with E-state index >= 15 is 0 Å². The molecule has 2 aromatic carbocycles. The van der Waals surface area contributed by atoms with Gasteiger partial charge in [-0.3, -0.25) is 4.79 Å². The number of halogens is 2. The summed E-state index contributed by atoms with van der Waals surface area (Å²) in [5.74, 6) is 0.737. The minimum Gasteiger partial charge on any atom is -0.490 e. The van der Waals surface area contributed by atoms with E-state index in [1.165, 1.54) is 0 Å². The number of nitriles is 1. The molecule has 178 valence electrons. The molecule has 1 N–H and O–H groups in total. The van der Waals surface area contributed by atoms with Crippen LogP contribution in [0.4, 0.5) is 0 Å². The molecule has 5 nitrogen and oxygen atoms in total. The smallest absolute Gasteiger partial charge is 0.262 e. The van der Waals surface area contributed by atoms with E-state index in [-0.39, 0.29) is 24.1 Å². The van der Waals surface area contributed by atoms with Gasteiger partial charge in [0.2, 0.25) is 0 Å². The summed E-state index contributed by atoms with van der Waals surface area (Å²) in [6, 6.07) is 11.1. The molecule has 1 amide bonds. The molecule has 34 heavy (non-hydrogen) atoms. The molecule has 1 saturated carbocycles. The Hall–Kier alpha value is -2.94. The number of hydrogen-bond donors (Lipinski definition) is 1. The highest BCUT2D eigenvalue weighted by Crippen LogP contribution is 2.36. The number of carbonyl (C=O) groups excluding carboxylic acids is 1. The van der Waals surface area contributed by atoms with Gasteiger partial charge in [-0.25, -0.2) is 0 Å². The number of rotatable bonds is 10. The lowest BCUT2D eigenvalue weighted by Crippen LogP contribution is -2.33. The van der Waals surface area contributed by atoms with Gasteiger partial charge in [0.15, 0.2) is 11.5 Å². The van der Waals surface area contributed by atoms with E-state index in [9.17, 15) is 10.1 Å². The molecule has 7 heteroatoms. The molecule has 0 radical (unpaired) electrons. The molecule has 1 aliphatic rings. The predicted octanol–water partition coefficient (Wildman–Crippen LogP) is 6.67. The highest BCUT2D eigenvalue weighted by atomic mass is 35.5. The number of nitrogens with zero attached hydrogens (tertiary/aromatic N) is 1. The molecule has 1 fully saturated rings. The maximum atomic E-state index is 12.6. The summed E-state index contributed by atoms with van der Waals surface area (Å²) in [5, 5.41) is 13.6. The van der Waals surface area contributed by atoms with Crippen LogP contribution in [0.15, 0.2) is 48.6 Å². The summed E-state index contributed by atoms with van der Waals surface area (Å²) in [6.45, 7) is 6.37. The zero-order chi connectivity index (χ0) is 24.5. The number of nitrogens with one attached hydrogen (secondary N) is 1. The molecular weight excluding hydrogens is 471 g/mol. The van der Waals surface area contributed by atoms with Crippen LogP contribution in [0.5, 0.6) is 11.5 Å². The van der Waals surface area contributed by atoms with Crippen molar-refractivity contribution in [3.05, 3.63) is 75.3 Å². The van der Waals surface area contributed by atoms with E-state index in [0.29, 0.717) is 40.1 Å². The third-order valence-electron chi connectivity index (χ3n) is 5.57. The Morgan fingerprint density at radius 1 is 1.21 bits per heavy atom. The van der Waals surface area contributed by atoms with Crippen molar-refractivity contribution in [3.8, 4) is 17.6 Å². The lowest BCUT2D eigenvalue weighted by Gasteiger charge is -2.17. The Bertz CT molecular complexity index is 1120. The van der Waals surface area contributed by atoms with Crippen molar-refractivity contribution in [2.75, 3.05) is 6.61 Å². The van der Waals surface area contributed by atoms with Crippen LogP contribution < -0.4 is 14.8 Å². The number of amides is 1. The van der Waals surface area contributed by atoms with E-state index < -0.39 is 0 Å². The minimum absolute atomic E-state index is 0.0560. The zero-order valence-corrected chi connectivity index (χ0v) is 20.7. The first-order valence-electron chi connectivity index (χ1n) is 11.3. The van der Waals surface area contributed by atoms with Crippen LogP contribution in [0.1, 0.15) is 49.3 Å². The van der Waals surface area contributed by atoms with Crippen LogP contribution in [0.3, 0.4) is 0 Å². The van der Waals surface area contributed by atoms with Crippen molar-refractivity contribution in [3.63, 3.8) is 0 Å². The maximum Gasteiger partial charge on any atom is 0.262 e. The standard InChI is InChI=1S/C27H28Cl2N2O3/c1-3-7-19-12-18(13-21(16-30)27(32)31-23-8-5-6-9-23)14-25(33-4-2)26(19)34-17-20-10-11-22(28)15-24(20)29/h3,10-15,23H,1,4-9,17H2,2H3,(H,31,32)/b21-13-. The highest BCUT2D eigenvalue weighted by molar-refractivity contribution is 6.35. The van der Waals surface area contributed by atoms with Crippen molar-refractivity contribution in [1.29, 1.82) is 5.26 Å². The van der Waals surface area contributed by atoms with Crippen molar-refractivity contribution < 1.29 is 14.3 Å². The molecule has 0 saturated heterocycles. The average molecular weight is 499 g/mol. The van der Waals surface area contributed by atoms with Gasteiger partial charge in [0.25, 0.3) is 5.91 Å². The molecule has 0 unspecified atom stereocenters. The summed E-state index contributed by atoms with van der Waals surface area (Å²) >= 11 is 12.3. The molecule has 0 atom stereocenters. The van der Waals surface area contributed by atoms with Gasteiger partial charge in [-0.1, -0.05) is 48.2 Å². The van der Waals surface area contributed by atoms with Gasteiger partial charge in [-0.05, 0) is 62.1 Å². The summed E-state index contributed by atoms with van der Waals surface area (Å²) in [5.41, 5.74) is 2.35. The monoisotopic (exact) mass is 498 g/mol. The van der Waals surface area contributed by atoms with Gasteiger partial charge >= 0.3 is 0 Å². The summed E-state index contributed by atoms with van der Waals surface area (Å²) in [4.78, 5) is 12.6. The lowest BCUT2D eigenvalue weighted by molar-refractivity contribution is -0.117. The van der Waals surface area contributed by atoms with E-state index in [2.05, 4.69) is 11.9 Å². The van der Waals surface area contributed by atoms with Crippen molar-refractivity contribution in [1.82, 2.24) is 5.32 Å². The Morgan fingerprint density at radius 3 is 2.62 bits per heavy atom. The molecule has 0 aromatic heterocycles. The predicted molar refractivity (Wildman–Crippen MR) is 136 cm³/mol. The number of carbonyl (C=O) groups is 1. The second kappa shape index (κ2) is 12.5. The van der Waals surface area contributed by atoms with Crippen LogP contribution in [0, 0.1) is 11.3 Å². The third kappa shape index (κ3) is 6.79. The number of benzene rings is 2. The molecule has 0 bridgehead atoms. The van der Waals surface area contributed by atoms with Gasteiger partial charge in [-0.15, -0.1) is 6.58 Å². The molecular formula is C27H28Cl2N2O3. The largest absolute Gasteiger partial charge is 0.490 e. The first-order valence-corrected chi connectivity index (χ1v) is 12.1. The van der Waals surface area contributed by atoms with Crippen LogP contribution in [0.25, 0.3) is 6.08 Å². The molecule has 1 aliphatic carbocycles. The Kier molecular flexibility index (Phi) is 9.44. The molecule has 3 rings (SSSR count). The zero-order valence-electron chi connectivity index (χ0n) is 19.2. The van der Waals surface area contributed by atoms with Crippen molar-refractivity contribution in [2.45, 2.75) is 51.7 Å². The van der Waals surface area contributed by atoms with Crippen molar-refractivity contribution >= 4 is 35.2 Å². The summed E-state index contributed by atoms with van der Waals surface area (Å²) in [6.07, 6.45) is 7.96. The second-order valence-electron chi connectivity index (χ2n) is 8.08. The molecule has 0 heterocycles. The van der Waals surface area contributed by atoms with Crippen LogP contribution in [0.2, 0.25) is 10.0 Å². The van der Waals surface area contributed by atoms with E-state index in [1.807, 2.05) is 25.1 Å². The SMILES string of the molecule is C=CCc1cc(/C=C(/C#N)C(=O)NC2CCCC2)cc(OCC)c1OCc1ccc(Cl)cc1Cl. The Labute approximate surface area is 211 Å². The summed E-state index contributed by atoms with van der Waals surface area (Å²) in [7, 11) is 0. The first kappa shape index (κ1) is 25.7. The normalized spacial score (nSPS) is 13.9. The second-order valence-corrected chi connectivity index (χ2v) is 8.93. The fourth-order valence-electron chi connectivity index (χ4n) is 3.94. The Balaban J connectivity index is 1.91. The third-order valence-corrected chi connectivity index (χ3v) is 6.16. The molecule has 0 aliphatic heterocycles. The fourth-order valence-corrected chi connectivity index (χ4v) is 4.40. The maximum absolute atomic E-state index is 12.6. The van der Waals surface area contributed by atoms with E-state index in [1.54, 1.807) is 30.4 Å². The minimum atomic E-state index is -0.352. The van der Waals surface area contributed by atoms with Gasteiger partial charge in [0.1, 0.15) is 18.2 Å². The van der Waals surface area contributed by atoms with Crippen molar-refractivity contribution in [2.24, 2.45) is 0 Å². The quantitative estimate of drug-likeness (QED) is 0.225. The number of allylic oxidation sites excluding steroid dienone is 1. The Morgan fingerprint density at radius 2 is 1.97 bits per heavy atom. The van der Waals surface area contributed by atoms with Gasteiger partial charge in [0.05, 0.1) is 6.61 Å². The van der Waals surface area contributed by atoms with Crippen LogP contribution in [-0.2, 0) is 17.8 Å². The summed E-state index contributed by atoms with van der Waals surface area (Å²) < 4.78 is 12.0. The van der Waals surface area contributed by atoms with Gasteiger partial charge in [-0.2, -0.15) is 5.26 Å². The number of hydrogen-bond acceptors (Lipinski definition) is 4.